The van der Waals surface area contributed by atoms with Gasteiger partial charge in [0.1, 0.15) is 6.04 Å². The fourth-order valence-electron chi connectivity index (χ4n) is 1.67. The van der Waals surface area contributed by atoms with Gasteiger partial charge in [0.05, 0.1) is 0 Å². The number of carbonyl (C=O) groups excluding carboxylic acids is 2. The summed E-state index contributed by atoms with van der Waals surface area (Å²) in [6.45, 7) is 1.50. The minimum absolute atomic E-state index is 0.00375. The van der Waals surface area contributed by atoms with Gasteiger partial charge in [-0.3, -0.25) is 9.59 Å². The van der Waals surface area contributed by atoms with Crippen molar-refractivity contribution in [2.45, 2.75) is 25.8 Å². The van der Waals surface area contributed by atoms with E-state index in [0.717, 1.165) is 18.4 Å². The third-order valence-electron chi connectivity index (χ3n) is 2.77. The minimum Gasteiger partial charge on any atom is -0.342 e. The second kappa shape index (κ2) is 4.47. The molecule has 1 fully saturated rings. The molecule has 0 saturated heterocycles. The summed E-state index contributed by atoms with van der Waals surface area (Å²) in [4.78, 5) is 23.1. The molecular formula is C13H15NO2. The van der Waals surface area contributed by atoms with Gasteiger partial charge >= 0.3 is 0 Å². The average Bonchev–Trinajstić information content (AvgIpc) is 3.10. The van der Waals surface area contributed by atoms with Crippen LogP contribution >= 0.6 is 0 Å². The van der Waals surface area contributed by atoms with Crippen molar-refractivity contribution in [1.29, 1.82) is 0 Å². The summed E-state index contributed by atoms with van der Waals surface area (Å²) in [5.74, 6) is 0.106. The van der Waals surface area contributed by atoms with Crippen molar-refractivity contribution in [3.63, 3.8) is 0 Å². The fraction of sp³-hybridized carbons (Fsp3) is 0.385. The number of nitrogens with one attached hydrogen (secondary N) is 1. The van der Waals surface area contributed by atoms with Crippen LogP contribution in [0.25, 0.3) is 0 Å². The molecule has 1 amide bonds. The van der Waals surface area contributed by atoms with Crippen LogP contribution in [0.2, 0.25) is 0 Å². The van der Waals surface area contributed by atoms with Gasteiger partial charge in [-0.15, -0.1) is 0 Å². The smallest absolute Gasteiger partial charge is 0.223 e. The average molecular weight is 217 g/mol. The van der Waals surface area contributed by atoms with Crippen molar-refractivity contribution >= 4 is 11.7 Å². The summed E-state index contributed by atoms with van der Waals surface area (Å²) in [7, 11) is 0. The molecule has 84 valence electrons. The number of ketones is 1. The topological polar surface area (TPSA) is 46.2 Å². The number of carbonyl (C=O) groups is 2. The van der Waals surface area contributed by atoms with Gasteiger partial charge in [-0.25, -0.2) is 0 Å². The lowest BCUT2D eigenvalue weighted by Crippen LogP contribution is -2.33. The molecule has 1 unspecified atom stereocenters. The van der Waals surface area contributed by atoms with E-state index in [1.54, 1.807) is 0 Å². The molecule has 3 heteroatoms. The Morgan fingerprint density at radius 1 is 1.25 bits per heavy atom. The van der Waals surface area contributed by atoms with Gasteiger partial charge in [-0.05, 0) is 25.3 Å². The fourth-order valence-corrected chi connectivity index (χ4v) is 1.67. The van der Waals surface area contributed by atoms with Gasteiger partial charge in [-0.1, -0.05) is 30.3 Å². The van der Waals surface area contributed by atoms with Crippen LogP contribution in [-0.2, 0) is 9.59 Å². The minimum atomic E-state index is -0.491. The number of hydrogen-bond donors (Lipinski definition) is 1. The summed E-state index contributed by atoms with van der Waals surface area (Å²) in [5.41, 5.74) is 0.851. The third kappa shape index (κ3) is 2.48. The lowest BCUT2D eigenvalue weighted by atomic mass is 10.0. The molecule has 0 aliphatic heterocycles. The van der Waals surface area contributed by atoms with E-state index in [-0.39, 0.29) is 17.6 Å². The van der Waals surface area contributed by atoms with Gasteiger partial charge < -0.3 is 5.32 Å². The Balaban J connectivity index is 2.11. The van der Waals surface area contributed by atoms with E-state index < -0.39 is 6.04 Å². The van der Waals surface area contributed by atoms with E-state index in [0.29, 0.717) is 0 Å². The van der Waals surface area contributed by atoms with Gasteiger partial charge in [0.15, 0.2) is 5.78 Å². The highest BCUT2D eigenvalue weighted by atomic mass is 16.2. The van der Waals surface area contributed by atoms with E-state index in [1.165, 1.54) is 6.92 Å². The molecule has 1 aromatic carbocycles. The maximum atomic E-state index is 11.6. The van der Waals surface area contributed by atoms with Crippen molar-refractivity contribution < 1.29 is 9.59 Å². The highest BCUT2D eigenvalue weighted by Gasteiger charge is 2.32. The van der Waals surface area contributed by atoms with Gasteiger partial charge in [0.25, 0.3) is 0 Å². The van der Waals surface area contributed by atoms with Crippen molar-refractivity contribution in [2.24, 2.45) is 5.92 Å². The first-order valence-corrected chi connectivity index (χ1v) is 5.54. The summed E-state index contributed by atoms with van der Waals surface area (Å²) in [6, 6.07) is 8.86. The maximum Gasteiger partial charge on any atom is 0.223 e. The van der Waals surface area contributed by atoms with Crippen LogP contribution in [0, 0.1) is 5.92 Å². The molecule has 1 aromatic rings. The molecule has 2 rings (SSSR count). The molecule has 0 spiro atoms. The third-order valence-corrected chi connectivity index (χ3v) is 2.77. The first kappa shape index (κ1) is 10.9. The normalized spacial score (nSPS) is 16.6. The maximum absolute atomic E-state index is 11.6. The molecule has 1 atom stereocenters. The van der Waals surface area contributed by atoms with E-state index in [9.17, 15) is 9.59 Å². The summed E-state index contributed by atoms with van der Waals surface area (Å²) in [5, 5.41) is 2.81. The molecule has 16 heavy (non-hydrogen) atoms. The van der Waals surface area contributed by atoms with E-state index in [2.05, 4.69) is 5.32 Å². The Bertz CT molecular complexity index is 396. The molecule has 1 aliphatic carbocycles. The standard InChI is InChI=1S/C13H15NO2/c1-9(15)12(10-5-3-2-4-6-10)14-13(16)11-7-8-11/h2-6,11-12H,7-8H2,1H3,(H,14,16). The Morgan fingerprint density at radius 3 is 2.38 bits per heavy atom. The zero-order valence-electron chi connectivity index (χ0n) is 9.27. The molecule has 1 saturated carbocycles. The first-order valence-electron chi connectivity index (χ1n) is 5.54. The largest absolute Gasteiger partial charge is 0.342 e. The van der Waals surface area contributed by atoms with Crippen molar-refractivity contribution in [3.8, 4) is 0 Å². The Labute approximate surface area is 94.9 Å². The molecule has 0 bridgehead atoms. The highest BCUT2D eigenvalue weighted by molar-refractivity contribution is 5.90. The zero-order chi connectivity index (χ0) is 11.5. The predicted molar refractivity (Wildman–Crippen MR) is 60.7 cm³/mol. The lowest BCUT2D eigenvalue weighted by Gasteiger charge is -2.16. The number of Topliss-reactive ketones (excluding diaryl/α,β-unsaturated/α-hetero) is 1. The second-order valence-corrected chi connectivity index (χ2v) is 4.24. The van der Waals surface area contributed by atoms with Gasteiger partial charge in [-0.2, -0.15) is 0 Å². The SMILES string of the molecule is CC(=O)C(NC(=O)C1CC1)c1ccccc1. The van der Waals surface area contributed by atoms with Crippen LogP contribution < -0.4 is 5.32 Å². The van der Waals surface area contributed by atoms with Crippen LogP contribution in [0.3, 0.4) is 0 Å². The number of rotatable bonds is 4. The van der Waals surface area contributed by atoms with Crippen LogP contribution in [-0.4, -0.2) is 11.7 Å². The van der Waals surface area contributed by atoms with Crippen molar-refractivity contribution in [1.82, 2.24) is 5.32 Å². The highest BCUT2D eigenvalue weighted by Crippen LogP contribution is 2.29. The van der Waals surface area contributed by atoms with Gasteiger partial charge in [0.2, 0.25) is 5.91 Å². The van der Waals surface area contributed by atoms with Crippen LogP contribution in [0.1, 0.15) is 31.4 Å². The quantitative estimate of drug-likeness (QED) is 0.836. The molecular weight excluding hydrogens is 202 g/mol. The van der Waals surface area contributed by atoms with E-state index >= 15 is 0 Å². The second-order valence-electron chi connectivity index (χ2n) is 4.24. The number of benzene rings is 1. The summed E-state index contributed by atoms with van der Waals surface area (Å²) in [6.07, 6.45) is 1.90. The Hall–Kier alpha value is -1.64. The molecule has 1 N–H and O–H groups in total. The van der Waals surface area contributed by atoms with Crippen molar-refractivity contribution in [3.05, 3.63) is 35.9 Å². The number of amides is 1. The zero-order valence-corrected chi connectivity index (χ0v) is 9.27. The van der Waals surface area contributed by atoms with Crippen LogP contribution in [0.4, 0.5) is 0 Å². The molecule has 0 heterocycles. The Kier molecular flexibility index (Phi) is 3.04. The molecule has 3 nitrogen and oxygen atoms in total. The molecule has 0 radical (unpaired) electrons. The number of hydrogen-bond acceptors (Lipinski definition) is 2. The first-order chi connectivity index (χ1) is 7.68. The Morgan fingerprint density at radius 2 is 1.88 bits per heavy atom. The van der Waals surface area contributed by atoms with Crippen molar-refractivity contribution in [2.75, 3.05) is 0 Å². The van der Waals surface area contributed by atoms with E-state index in [4.69, 9.17) is 0 Å². The molecule has 0 aromatic heterocycles. The summed E-state index contributed by atoms with van der Waals surface area (Å²) < 4.78 is 0. The summed E-state index contributed by atoms with van der Waals surface area (Å²) >= 11 is 0. The van der Waals surface area contributed by atoms with E-state index in [1.807, 2.05) is 30.3 Å². The van der Waals surface area contributed by atoms with Crippen LogP contribution in [0.5, 0.6) is 0 Å². The lowest BCUT2D eigenvalue weighted by molar-refractivity contribution is -0.127. The monoisotopic (exact) mass is 217 g/mol. The predicted octanol–water partition coefficient (Wildman–Crippen LogP) is 1.84. The van der Waals surface area contributed by atoms with Crippen LogP contribution in [0.15, 0.2) is 30.3 Å². The van der Waals surface area contributed by atoms with Gasteiger partial charge in [0, 0.05) is 5.92 Å². The molecule has 1 aliphatic rings.